The van der Waals surface area contributed by atoms with Gasteiger partial charge in [0, 0.05) is 11.8 Å². The lowest BCUT2D eigenvalue weighted by Gasteiger charge is -1.99. The highest BCUT2D eigenvalue weighted by Crippen LogP contribution is 2.28. The van der Waals surface area contributed by atoms with Gasteiger partial charge in [-0.15, -0.1) is 0 Å². The van der Waals surface area contributed by atoms with Crippen molar-refractivity contribution in [3.63, 3.8) is 0 Å². The Morgan fingerprint density at radius 1 is 1.40 bits per heavy atom. The van der Waals surface area contributed by atoms with Crippen molar-refractivity contribution in [2.24, 2.45) is 0 Å². The SMILES string of the molecule is CCc1cc2cc(O)c(C(C)=O)cc2o1. The second-order valence-corrected chi connectivity index (χ2v) is 3.53. The Bertz CT molecular complexity index is 523. The standard InChI is InChI=1S/C12H12O3/c1-3-9-4-8-5-11(14)10(7(2)13)6-12(8)15-9/h4-6,14H,3H2,1-2H3. The van der Waals surface area contributed by atoms with Crippen molar-refractivity contribution < 1.29 is 14.3 Å². The smallest absolute Gasteiger partial charge is 0.163 e. The van der Waals surface area contributed by atoms with Crippen molar-refractivity contribution >= 4 is 16.8 Å². The molecular formula is C12H12O3. The molecule has 0 radical (unpaired) electrons. The average Bonchev–Trinajstić information content (AvgIpc) is 2.58. The lowest BCUT2D eigenvalue weighted by molar-refractivity contribution is 0.101. The number of Topliss-reactive ketones (excluding diaryl/α,β-unsaturated/α-hetero) is 1. The topological polar surface area (TPSA) is 50.4 Å². The van der Waals surface area contributed by atoms with Crippen LogP contribution in [0, 0.1) is 0 Å². The third kappa shape index (κ3) is 1.61. The van der Waals surface area contributed by atoms with E-state index >= 15 is 0 Å². The van der Waals surface area contributed by atoms with Gasteiger partial charge >= 0.3 is 0 Å². The zero-order chi connectivity index (χ0) is 11.0. The number of benzene rings is 1. The van der Waals surface area contributed by atoms with E-state index in [0.717, 1.165) is 17.6 Å². The van der Waals surface area contributed by atoms with Gasteiger partial charge < -0.3 is 9.52 Å². The molecule has 2 aromatic rings. The minimum Gasteiger partial charge on any atom is -0.507 e. The summed E-state index contributed by atoms with van der Waals surface area (Å²) in [6.45, 7) is 3.41. The first-order valence-electron chi connectivity index (χ1n) is 4.88. The molecule has 2 rings (SSSR count). The largest absolute Gasteiger partial charge is 0.507 e. The van der Waals surface area contributed by atoms with Gasteiger partial charge in [-0.05, 0) is 25.1 Å². The molecule has 0 saturated heterocycles. The number of aromatic hydroxyl groups is 1. The van der Waals surface area contributed by atoms with Gasteiger partial charge in [0.2, 0.25) is 0 Å². The molecule has 0 aliphatic rings. The number of hydrogen-bond donors (Lipinski definition) is 1. The fourth-order valence-electron chi connectivity index (χ4n) is 1.59. The van der Waals surface area contributed by atoms with Crippen LogP contribution in [0.5, 0.6) is 5.75 Å². The second-order valence-electron chi connectivity index (χ2n) is 3.53. The van der Waals surface area contributed by atoms with Crippen molar-refractivity contribution in [1.29, 1.82) is 0 Å². The minimum atomic E-state index is -0.163. The molecular weight excluding hydrogens is 192 g/mol. The van der Waals surface area contributed by atoms with Crippen LogP contribution in [0.25, 0.3) is 11.0 Å². The van der Waals surface area contributed by atoms with Crippen LogP contribution in [0.1, 0.15) is 30.0 Å². The van der Waals surface area contributed by atoms with Crippen molar-refractivity contribution in [3.8, 4) is 5.75 Å². The molecule has 0 spiro atoms. The molecule has 3 nitrogen and oxygen atoms in total. The highest BCUT2D eigenvalue weighted by molar-refractivity contribution is 6.00. The summed E-state index contributed by atoms with van der Waals surface area (Å²) in [5, 5.41) is 10.4. The molecule has 0 saturated carbocycles. The highest BCUT2D eigenvalue weighted by atomic mass is 16.3. The molecule has 1 aromatic heterocycles. The van der Waals surface area contributed by atoms with Gasteiger partial charge in [-0.25, -0.2) is 0 Å². The molecule has 0 bridgehead atoms. The van der Waals surface area contributed by atoms with Crippen LogP contribution in [0.15, 0.2) is 22.6 Å². The molecule has 1 N–H and O–H groups in total. The number of furan rings is 1. The predicted octanol–water partition coefficient (Wildman–Crippen LogP) is 2.90. The van der Waals surface area contributed by atoms with Crippen LogP contribution in [-0.4, -0.2) is 10.9 Å². The molecule has 0 aliphatic carbocycles. The van der Waals surface area contributed by atoms with Crippen LogP contribution < -0.4 is 0 Å². The zero-order valence-corrected chi connectivity index (χ0v) is 8.70. The maximum Gasteiger partial charge on any atom is 0.163 e. The molecule has 1 aromatic carbocycles. The fourth-order valence-corrected chi connectivity index (χ4v) is 1.59. The lowest BCUT2D eigenvalue weighted by atomic mass is 10.1. The quantitative estimate of drug-likeness (QED) is 0.765. The molecule has 15 heavy (non-hydrogen) atoms. The summed E-state index contributed by atoms with van der Waals surface area (Å²) in [6.07, 6.45) is 0.796. The number of phenolic OH excluding ortho intramolecular Hbond substituents is 1. The van der Waals surface area contributed by atoms with E-state index in [1.807, 2.05) is 13.0 Å². The number of rotatable bonds is 2. The Morgan fingerprint density at radius 3 is 2.73 bits per heavy atom. The monoisotopic (exact) mass is 204 g/mol. The number of hydrogen-bond acceptors (Lipinski definition) is 3. The zero-order valence-electron chi connectivity index (χ0n) is 8.70. The van der Waals surface area contributed by atoms with Crippen LogP contribution >= 0.6 is 0 Å². The second kappa shape index (κ2) is 3.42. The number of phenols is 1. The Kier molecular flexibility index (Phi) is 2.23. The highest BCUT2D eigenvalue weighted by Gasteiger charge is 2.11. The number of carbonyl (C=O) groups is 1. The summed E-state index contributed by atoms with van der Waals surface area (Å²) in [4.78, 5) is 11.2. The van der Waals surface area contributed by atoms with Crippen LogP contribution in [-0.2, 0) is 6.42 Å². The summed E-state index contributed by atoms with van der Waals surface area (Å²) >= 11 is 0. The van der Waals surface area contributed by atoms with Crippen LogP contribution in [0.2, 0.25) is 0 Å². The summed E-state index contributed by atoms with van der Waals surface area (Å²) < 4.78 is 5.50. The summed E-state index contributed by atoms with van der Waals surface area (Å²) in [6, 6.07) is 5.03. The molecule has 0 fully saturated rings. The third-order valence-electron chi connectivity index (χ3n) is 2.41. The Balaban J connectivity index is 2.68. The normalized spacial score (nSPS) is 10.8. The van der Waals surface area contributed by atoms with Gasteiger partial charge in [-0.3, -0.25) is 4.79 Å². The van der Waals surface area contributed by atoms with Crippen molar-refractivity contribution in [2.75, 3.05) is 0 Å². The fraction of sp³-hybridized carbons (Fsp3) is 0.250. The predicted molar refractivity (Wildman–Crippen MR) is 57.3 cm³/mol. The van der Waals surface area contributed by atoms with Crippen LogP contribution in [0.4, 0.5) is 0 Å². The van der Waals surface area contributed by atoms with E-state index in [1.165, 1.54) is 6.92 Å². The summed E-state index contributed by atoms with van der Waals surface area (Å²) in [5.41, 5.74) is 0.953. The van der Waals surface area contributed by atoms with Gasteiger partial charge in [0.25, 0.3) is 0 Å². The van der Waals surface area contributed by atoms with Gasteiger partial charge in [0.15, 0.2) is 5.78 Å². The first-order valence-corrected chi connectivity index (χ1v) is 4.88. The Labute approximate surface area is 87.3 Å². The van der Waals surface area contributed by atoms with E-state index in [9.17, 15) is 9.90 Å². The molecule has 3 heteroatoms. The Hall–Kier alpha value is -1.77. The van der Waals surface area contributed by atoms with Gasteiger partial charge in [0.1, 0.15) is 17.1 Å². The van der Waals surface area contributed by atoms with Crippen molar-refractivity contribution in [1.82, 2.24) is 0 Å². The van der Waals surface area contributed by atoms with E-state index in [-0.39, 0.29) is 11.5 Å². The van der Waals surface area contributed by atoms with E-state index in [0.29, 0.717) is 11.1 Å². The number of carbonyl (C=O) groups excluding carboxylic acids is 1. The summed E-state index contributed by atoms with van der Waals surface area (Å²) in [5.74, 6) is 0.701. The van der Waals surface area contributed by atoms with E-state index < -0.39 is 0 Å². The van der Waals surface area contributed by atoms with Gasteiger partial charge in [0.05, 0.1) is 5.56 Å². The lowest BCUT2D eigenvalue weighted by Crippen LogP contribution is -1.91. The molecule has 0 amide bonds. The first kappa shape index (κ1) is 9.77. The van der Waals surface area contributed by atoms with E-state index in [1.54, 1.807) is 12.1 Å². The minimum absolute atomic E-state index is 0.0125. The number of ketones is 1. The van der Waals surface area contributed by atoms with Gasteiger partial charge in [-0.1, -0.05) is 6.92 Å². The number of fused-ring (bicyclic) bond motifs is 1. The van der Waals surface area contributed by atoms with E-state index in [4.69, 9.17) is 4.42 Å². The molecule has 0 aliphatic heterocycles. The third-order valence-corrected chi connectivity index (χ3v) is 2.41. The van der Waals surface area contributed by atoms with Crippen molar-refractivity contribution in [3.05, 3.63) is 29.5 Å². The van der Waals surface area contributed by atoms with Crippen LogP contribution in [0.3, 0.4) is 0 Å². The molecule has 0 atom stereocenters. The maximum absolute atomic E-state index is 11.2. The van der Waals surface area contributed by atoms with Gasteiger partial charge in [-0.2, -0.15) is 0 Å². The average molecular weight is 204 g/mol. The first-order chi connectivity index (χ1) is 7.11. The number of aryl methyl sites for hydroxylation is 1. The summed E-state index contributed by atoms with van der Waals surface area (Å²) in [7, 11) is 0. The molecule has 78 valence electrons. The molecule has 0 unspecified atom stereocenters. The maximum atomic E-state index is 11.2. The molecule has 1 heterocycles. The van der Waals surface area contributed by atoms with Crippen molar-refractivity contribution in [2.45, 2.75) is 20.3 Å². The Morgan fingerprint density at radius 2 is 2.13 bits per heavy atom. The van der Waals surface area contributed by atoms with E-state index in [2.05, 4.69) is 0 Å².